The van der Waals surface area contributed by atoms with Crippen molar-refractivity contribution in [1.29, 1.82) is 0 Å². The van der Waals surface area contributed by atoms with E-state index in [9.17, 15) is 0 Å². The highest BCUT2D eigenvalue weighted by molar-refractivity contribution is 5.71. The van der Waals surface area contributed by atoms with Crippen LogP contribution in [0.15, 0.2) is 66.7 Å². The summed E-state index contributed by atoms with van der Waals surface area (Å²) < 4.78 is 30.8. The van der Waals surface area contributed by atoms with Crippen LogP contribution in [0.25, 0.3) is 22.3 Å². The maximum Gasteiger partial charge on any atom is 0.134 e. The first-order valence-corrected chi connectivity index (χ1v) is 13.3. The molecule has 0 aromatic heterocycles. The third-order valence-electron chi connectivity index (χ3n) is 7.88. The Balaban J connectivity index is 1.58. The molecule has 0 radical (unpaired) electrons. The molecule has 0 heterocycles. The maximum atomic E-state index is 15.4. The molecule has 34 heavy (non-hydrogen) atoms. The van der Waals surface area contributed by atoms with Crippen molar-refractivity contribution in [3.05, 3.63) is 83.9 Å². The molecular formula is C32H38F2. The largest absolute Gasteiger partial charge is 0.206 e. The lowest BCUT2D eigenvalue weighted by Crippen LogP contribution is -2.26. The van der Waals surface area contributed by atoms with Gasteiger partial charge in [-0.25, -0.2) is 8.78 Å². The Hall–Kier alpha value is -2.48. The van der Waals surface area contributed by atoms with E-state index in [1.807, 2.05) is 54.6 Å². The summed E-state index contributed by atoms with van der Waals surface area (Å²) in [5, 5.41) is 0. The van der Waals surface area contributed by atoms with Crippen LogP contribution in [0.5, 0.6) is 0 Å². The Morgan fingerprint density at radius 2 is 1.38 bits per heavy atom. The van der Waals surface area contributed by atoms with E-state index in [0.29, 0.717) is 17.4 Å². The second-order valence-corrected chi connectivity index (χ2v) is 10.0. The Labute approximate surface area is 204 Å². The number of benzene rings is 3. The number of hydrogen-bond donors (Lipinski definition) is 0. The minimum atomic E-state index is -0.445. The fraction of sp³-hybridized carbons (Fsp3) is 0.438. The standard InChI is InChI=1S/C32H38F2/c1-3-5-7-14-25-15-10-11-16-29(25)28(4-2)27-21-30(33)32(31(34)22-27)26-19-17-24(18-20-26)23-12-8-6-9-13-23/h6,8-9,12-13,17-22,25,28-29H,3-5,7,10-11,14-16H2,1-2H3. The summed E-state index contributed by atoms with van der Waals surface area (Å²) >= 11 is 0. The lowest BCUT2D eigenvalue weighted by Gasteiger charge is -2.37. The zero-order valence-corrected chi connectivity index (χ0v) is 20.7. The molecule has 3 atom stereocenters. The Morgan fingerprint density at radius 1 is 0.765 bits per heavy atom. The SMILES string of the molecule is CCCCCC1CCCCC1C(CC)c1cc(F)c(-c2ccc(-c3ccccc3)cc2)c(F)c1. The molecule has 4 rings (SSSR count). The summed E-state index contributed by atoms with van der Waals surface area (Å²) in [5.41, 5.74) is 3.65. The van der Waals surface area contributed by atoms with Gasteiger partial charge in [0.2, 0.25) is 0 Å². The van der Waals surface area contributed by atoms with Gasteiger partial charge in [-0.1, -0.05) is 113 Å². The van der Waals surface area contributed by atoms with Crippen molar-refractivity contribution in [1.82, 2.24) is 0 Å². The molecule has 3 aromatic carbocycles. The van der Waals surface area contributed by atoms with E-state index in [1.54, 1.807) is 12.1 Å². The molecule has 3 aromatic rings. The maximum absolute atomic E-state index is 15.4. The van der Waals surface area contributed by atoms with Crippen LogP contribution >= 0.6 is 0 Å². The summed E-state index contributed by atoms with van der Waals surface area (Å²) in [6.07, 6.45) is 11.0. The van der Waals surface area contributed by atoms with Gasteiger partial charge in [0.1, 0.15) is 11.6 Å². The minimum Gasteiger partial charge on any atom is -0.206 e. The number of hydrogen-bond acceptors (Lipinski definition) is 0. The van der Waals surface area contributed by atoms with Crippen molar-refractivity contribution in [3.8, 4) is 22.3 Å². The highest BCUT2D eigenvalue weighted by Gasteiger charge is 2.32. The van der Waals surface area contributed by atoms with Crippen molar-refractivity contribution >= 4 is 0 Å². The van der Waals surface area contributed by atoms with Crippen molar-refractivity contribution < 1.29 is 8.78 Å². The molecule has 0 spiro atoms. The van der Waals surface area contributed by atoms with Crippen LogP contribution in [0.4, 0.5) is 8.78 Å². The zero-order valence-electron chi connectivity index (χ0n) is 20.7. The van der Waals surface area contributed by atoms with E-state index in [4.69, 9.17) is 0 Å². The highest BCUT2D eigenvalue weighted by atomic mass is 19.1. The van der Waals surface area contributed by atoms with Crippen LogP contribution in [0.2, 0.25) is 0 Å². The molecule has 180 valence electrons. The van der Waals surface area contributed by atoms with E-state index in [0.717, 1.165) is 23.1 Å². The van der Waals surface area contributed by atoms with Gasteiger partial charge < -0.3 is 0 Å². The van der Waals surface area contributed by atoms with E-state index in [-0.39, 0.29) is 11.5 Å². The third kappa shape index (κ3) is 5.59. The molecule has 1 aliphatic carbocycles. The Morgan fingerprint density at radius 3 is 2.03 bits per heavy atom. The fourth-order valence-corrected chi connectivity index (χ4v) is 6.11. The van der Waals surface area contributed by atoms with Gasteiger partial charge in [-0.3, -0.25) is 0 Å². The van der Waals surface area contributed by atoms with E-state index < -0.39 is 11.6 Å². The average molecular weight is 461 g/mol. The quantitative estimate of drug-likeness (QED) is 0.279. The molecule has 0 N–H and O–H groups in total. The second-order valence-electron chi connectivity index (χ2n) is 10.0. The lowest BCUT2D eigenvalue weighted by atomic mass is 9.68. The van der Waals surface area contributed by atoms with Crippen LogP contribution < -0.4 is 0 Å². The lowest BCUT2D eigenvalue weighted by molar-refractivity contribution is 0.182. The Bertz CT molecular complexity index is 1020. The van der Waals surface area contributed by atoms with Crippen LogP contribution in [-0.2, 0) is 0 Å². The highest BCUT2D eigenvalue weighted by Crippen LogP contribution is 2.44. The van der Waals surface area contributed by atoms with Gasteiger partial charge in [-0.05, 0) is 65.0 Å². The smallest absolute Gasteiger partial charge is 0.134 e. The van der Waals surface area contributed by atoms with Crippen molar-refractivity contribution in [3.63, 3.8) is 0 Å². The monoisotopic (exact) mass is 460 g/mol. The normalized spacial score (nSPS) is 19.2. The molecule has 0 saturated heterocycles. The van der Waals surface area contributed by atoms with Gasteiger partial charge in [0.05, 0.1) is 5.56 Å². The van der Waals surface area contributed by atoms with E-state index in [2.05, 4.69) is 13.8 Å². The third-order valence-corrected chi connectivity index (χ3v) is 7.88. The fourth-order valence-electron chi connectivity index (χ4n) is 6.11. The van der Waals surface area contributed by atoms with Crippen molar-refractivity contribution in [2.24, 2.45) is 11.8 Å². The molecule has 0 nitrogen and oxygen atoms in total. The van der Waals surface area contributed by atoms with Crippen LogP contribution in [-0.4, -0.2) is 0 Å². The molecule has 2 heteroatoms. The Kier molecular flexibility index (Phi) is 8.53. The first kappa shape index (κ1) is 24.6. The second kappa shape index (κ2) is 11.8. The topological polar surface area (TPSA) is 0 Å². The van der Waals surface area contributed by atoms with Gasteiger partial charge >= 0.3 is 0 Å². The minimum absolute atomic E-state index is 0.0846. The summed E-state index contributed by atoms with van der Waals surface area (Å²) in [4.78, 5) is 0. The molecule has 0 bridgehead atoms. The van der Waals surface area contributed by atoms with Crippen LogP contribution in [0.1, 0.15) is 83.1 Å². The van der Waals surface area contributed by atoms with Crippen molar-refractivity contribution in [2.45, 2.75) is 77.6 Å². The van der Waals surface area contributed by atoms with Crippen LogP contribution in [0.3, 0.4) is 0 Å². The molecular weight excluding hydrogens is 422 g/mol. The first-order valence-electron chi connectivity index (χ1n) is 13.3. The number of halogens is 2. The van der Waals surface area contributed by atoms with Gasteiger partial charge in [-0.15, -0.1) is 0 Å². The molecule has 1 saturated carbocycles. The zero-order chi connectivity index (χ0) is 23.9. The molecule has 1 aliphatic rings. The van der Waals surface area contributed by atoms with E-state index >= 15 is 8.78 Å². The summed E-state index contributed by atoms with van der Waals surface area (Å²) in [7, 11) is 0. The molecule has 3 unspecified atom stereocenters. The van der Waals surface area contributed by atoms with Gasteiger partial charge in [0.15, 0.2) is 0 Å². The van der Waals surface area contributed by atoms with Gasteiger partial charge in [-0.2, -0.15) is 0 Å². The van der Waals surface area contributed by atoms with Crippen LogP contribution in [0, 0.1) is 23.5 Å². The number of unbranched alkanes of at least 4 members (excludes halogenated alkanes) is 2. The first-order chi connectivity index (χ1) is 16.6. The number of rotatable bonds is 9. The molecule has 1 fully saturated rings. The summed E-state index contributed by atoms with van der Waals surface area (Å²) in [6, 6.07) is 20.8. The average Bonchev–Trinajstić information content (AvgIpc) is 2.86. The van der Waals surface area contributed by atoms with Gasteiger partial charge in [0.25, 0.3) is 0 Å². The predicted octanol–water partition coefficient (Wildman–Crippen LogP) is 10.2. The predicted molar refractivity (Wildman–Crippen MR) is 140 cm³/mol. The van der Waals surface area contributed by atoms with E-state index in [1.165, 1.54) is 51.4 Å². The molecule has 0 amide bonds. The summed E-state index contributed by atoms with van der Waals surface area (Å²) in [6.45, 7) is 4.42. The molecule has 0 aliphatic heterocycles. The van der Waals surface area contributed by atoms with Crippen molar-refractivity contribution in [2.75, 3.05) is 0 Å². The summed E-state index contributed by atoms with van der Waals surface area (Å²) in [5.74, 6) is 0.552. The van der Waals surface area contributed by atoms with Gasteiger partial charge in [0, 0.05) is 0 Å².